The molecule has 1 aliphatic heterocycles. The lowest BCUT2D eigenvalue weighted by Crippen LogP contribution is -2.32. The molecule has 20 heavy (non-hydrogen) atoms. The van der Waals surface area contributed by atoms with Gasteiger partial charge in [0.25, 0.3) is 5.91 Å². The number of carbonyl (C=O) groups is 3. The molecule has 0 N–H and O–H groups in total. The number of methoxy groups -OCH3 is 1. The number of amides is 3. The molecule has 0 atom stereocenters. The molecule has 1 heterocycles. The molecule has 0 spiro atoms. The van der Waals surface area contributed by atoms with Gasteiger partial charge in [-0.25, -0.2) is 9.69 Å². The van der Waals surface area contributed by atoms with E-state index in [-0.39, 0.29) is 18.6 Å². The Hall–Kier alpha value is -2.21. The molecule has 104 valence electrons. The SMILES string of the molecule is COC(=O)CCC1=NC(=O)N(c2ccc(Cl)cc2)C1=O. The van der Waals surface area contributed by atoms with Crippen LogP contribution in [0, 0.1) is 0 Å². The first kappa shape index (κ1) is 14.2. The molecule has 0 fully saturated rings. The number of aliphatic imine (C=N–C) groups is 1. The number of hydrogen-bond donors (Lipinski definition) is 0. The summed E-state index contributed by atoms with van der Waals surface area (Å²) in [5.41, 5.74) is 0.441. The molecule has 0 unspecified atom stereocenters. The third-order valence-electron chi connectivity index (χ3n) is 2.75. The summed E-state index contributed by atoms with van der Waals surface area (Å²) in [5, 5.41) is 0.500. The molecule has 1 aromatic rings. The van der Waals surface area contributed by atoms with Gasteiger partial charge < -0.3 is 4.74 Å². The fraction of sp³-hybridized carbons (Fsp3) is 0.231. The van der Waals surface area contributed by atoms with Crippen molar-refractivity contribution in [2.75, 3.05) is 12.0 Å². The first-order valence-electron chi connectivity index (χ1n) is 5.81. The van der Waals surface area contributed by atoms with Crippen molar-refractivity contribution in [2.45, 2.75) is 12.8 Å². The maximum Gasteiger partial charge on any atom is 0.355 e. The van der Waals surface area contributed by atoms with Gasteiger partial charge in [0.05, 0.1) is 19.2 Å². The predicted molar refractivity (Wildman–Crippen MR) is 73.0 cm³/mol. The summed E-state index contributed by atoms with van der Waals surface area (Å²) in [6.07, 6.45) is 0.0736. The van der Waals surface area contributed by atoms with Crippen molar-refractivity contribution >= 4 is 40.9 Å². The van der Waals surface area contributed by atoms with Crippen LogP contribution in [0.2, 0.25) is 5.02 Å². The fourth-order valence-corrected chi connectivity index (χ4v) is 1.86. The normalized spacial score (nSPS) is 14.5. The van der Waals surface area contributed by atoms with Crippen molar-refractivity contribution < 1.29 is 19.1 Å². The number of anilines is 1. The molecule has 0 saturated heterocycles. The molecular weight excluding hydrogens is 284 g/mol. The maximum absolute atomic E-state index is 12.1. The van der Waals surface area contributed by atoms with E-state index in [0.717, 1.165) is 4.90 Å². The number of hydrogen-bond acceptors (Lipinski definition) is 4. The zero-order valence-electron chi connectivity index (χ0n) is 10.6. The van der Waals surface area contributed by atoms with Gasteiger partial charge in [0.2, 0.25) is 0 Å². The van der Waals surface area contributed by atoms with Crippen LogP contribution in [0.5, 0.6) is 0 Å². The third-order valence-corrected chi connectivity index (χ3v) is 3.00. The molecule has 0 aromatic heterocycles. The number of rotatable bonds is 4. The second-order valence-electron chi connectivity index (χ2n) is 4.03. The van der Waals surface area contributed by atoms with Gasteiger partial charge in [0.15, 0.2) is 0 Å². The molecule has 1 aromatic carbocycles. The number of urea groups is 1. The lowest BCUT2D eigenvalue weighted by atomic mass is 10.2. The van der Waals surface area contributed by atoms with Gasteiger partial charge in [-0.05, 0) is 24.3 Å². The first-order valence-corrected chi connectivity index (χ1v) is 6.19. The summed E-state index contributed by atoms with van der Waals surface area (Å²) in [6.45, 7) is 0. The van der Waals surface area contributed by atoms with E-state index in [4.69, 9.17) is 11.6 Å². The molecule has 0 bridgehead atoms. The zero-order valence-corrected chi connectivity index (χ0v) is 11.4. The Morgan fingerprint density at radius 3 is 2.55 bits per heavy atom. The summed E-state index contributed by atoms with van der Waals surface area (Å²) in [7, 11) is 1.26. The van der Waals surface area contributed by atoms with Gasteiger partial charge in [-0.3, -0.25) is 9.59 Å². The van der Waals surface area contributed by atoms with Gasteiger partial charge >= 0.3 is 12.0 Å². The van der Waals surface area contributed by atoms with Crippen LogP contribution in [0.15, 0.2) is 29.3 Å². The first-order chi connectivity index (χ1) is 9.52. The molecule has 2 rings (SSSR count). The Labute approximate surface area is 120 Å². The van der Waals surface area contributed by atoms with E-state index in [9.17, 15) is 14.4 Å². The average molecular weight is 295 g/mol. The number of nitrogens with zero attached hydrogens (tertiary/aromatic N) is 2. The Bertz CT molecular complexity index is 595. The highest BCUT2D eigenvalue weighted by Crippen LogP contribution is 2.23. The van der Waals surface area contributed by atoms with E-state index in [1.165, 1.54) is 7.11 Å². The number of imide groups is 1. The van der Waals surface area contributed by atoms with Crippen molar-refractivity contribution in [1.82, 2.24) is 0 Å². The molecule has 3 amide bonds. The number of esters is 1. The van der Waals surface area contributed by atoms with Crippen molar-refractivity contribution in [2.24, 2.45) is 4.99 Å². The second kappa shape index (κ2) is 5.83. The van der Waals surface area contributed by atoms with E-state index in [1.807, 2.05) is 0 Å². The molecule has 0 radical (unpaired) electrons. The summed E-state index contributed by atoms with van der Waals surface area (Å²) < 4.78 is 4.48. The molecule has 0 saturated carbocycles. The van der Waals surface area contributed by atoms with Gasteiger partial charge in [0.1, 0.15) is 5.71 Å². The molecule has 1 aliphatic rings. The van der Waals surface area contributed by atoms with Crippen molar-refractivity contribution in [3.63, 3.8) is 0 Å². The van der Waals surface area contributed by atoms with Crippen LogP contribution in [0.1, 0.15) is 12.8 Å². The number of benzene rings is 1. The van der Waals surface area contributed by atoms with E-state index in [0.29, 0.717) is 10.7 Å². The van der Waals surface area contributed by atoms with Crippen LogP contribution in [-0.2, 0) is 14.3 Å². The minimum Gasteiger partial charge on any atom is -0.469 e. The Morgan fingerprint density at radius 2 is 1.95 bits per heavy atom. The molecule has 6 nitrogen and oxygen atoms in total. The highest BCUT2D eigenvalue weighted by Gasteiger charge is 2.34. The molecule has 0 aliphatic carbocycles. The van der Waals surface area contributed by atoms with Crippen molar-refractivity contribution in [1.29, 1.82) is 0 Å². The Morgan fingerprint density at radius 1 is 1.30 bits per heavy atom. The van der Waals surface area contributed by atoms with Gasteiger partial charge in [-0.1, -0.05) is 11.6 Å². The zero-order chi connectivity index (χ0) is 14.7. The van der Waals surface area contributed by atoms with Crippen LogP contribution in [0.4, 0.5) is 10.5 Å². The maximum atomic E-state index is 12.1. The van der Waals surface area contributed by atoms with Crippen molar-refractivity contribution in [3.8, 4) is 0 Å². The number of carbonyl (C=O) groups excluding carboxylic acids is 3. The summed E-state index contributed by atoms with van der Waals surface area (Å²) >= 11 is 5.75. The van der Waals surface area contributed by atoms with Crippen LogP contribution in [0.25, 0.3) is 0 Å². The van der Waals surface area contributed by atoms with Gasteiger partial charge in [0, 0.05) is 11.4 Å². The third kappa shape index (κ3) is 2.85. The standard InChI is InChI=1S/C13H11ClN2O4/c1-20-11(17)7-6-10-12(18)16(13(19)15-10)9-4-2-8(14)3-5-9/h2-5H,6-7H2,1H3. The van der Waals surface area contributed by atoms with Crippen molar-refractivity contribution in [3.05, 3.63) is 29.3 Å². The highest BCUT2D eigenvalue weighted by molar-refractivity contribution is 6.53. The average Bonchev–Trinajstić information content (AvgIpc) is 2.72. The van der Waals surface area contributed by atoms with Crippen LogP contribution in [-0.4, -0.2) is 30.7 Å². The number of ether oxygens (including phenoxy) is 1. The lowest BCUT2D eigenvalue weighted by molar-refractivity contribution is -0.140. The van der Waals surface area contributed by atoms with Gasteiger partial charge in [-0.2, -0.15) is 4.99 Å². The fourth-order valence-electron chi connectivity index (χ4n) is 1.73. The van der Waals surface area contributed by atoms with Crippen LogP contribution in [0.3, 0.4) is 0 Å². The largest absolute Gasteiger partial charge is 0.469 e. The quantitative estimate of drug-likeness (QED) is 0.798. The molecule has 7 heteroatoms. The van der Waals surface area contributed by atoms with E-state index in [2.05, 4.69) is 9.73 Å². The smallest absolute Gasteiger partial charge is 0.355 e. The second-order valence-corrected chi connectivity index (χ2v) is 4.47. The highest BCUT2D eigenvalue weighted by atomic mass is 35.5. The topological polar surface area (TPSA) is 76.0 Å². The summed E-state index contributed by atoms with van der Waals surface area (Å²) in [4.78, 5) is 39.5. The van der Waals surface area contributed by atoms with Crippen LogP contribution >= 0.6 is 11.6 Å². The van der Waals surface area contributed by atoms with Crippen LogP contribution < -0.4 is 4.90 Å². The monoisotopic (exact) mass is 294 g/mol. The molecular formula is C13H11ClN2O4. The summed E-state index contributed by atoms with van der Waals surface area (Å²) in [6, 6.07) is 5.58. The predicted octanol–water partition coefficient (Wildman–Crippen LogP) is 2.20. The number of halogens is 1. The lowest BCUT2D eigenvalue weighted by Gasteiger charge is -2.12. The minimum atomic E-state index is -0.669. The van der Waals surface area contributed by atoms with E-state index < -0.39 is 17.9 Å². The minimum absolute atomic E-state index is 0.00279. The Kier molecular flexibility index (Phi) is 4.14. The Balaban J connectivity index is 2.12. The van der Waals surface area contributed by atoms with Gasteiger partial charge in [-0.15, -0.1) is 0 Å². The van der Waals surface area contributed by atoms with E-state index in [1.54, 1.807) is 24.3 Å². The summed E-state index contributed by atoms with van der Waals surface area (Å²) in [5.74, 6) is -0.987. The van der Waals surface area contributed by atoms with E-state index >= 15 is 0 Å².